The van der Waals surface area contributed by atoms with Crippen molar-refractivity contribution in [1.82, 2.24) is 29.3 Å². The van der Waals surface area contributed by atoms with Gasteiger partial charge in [-0.25, -0.2) is 15.0 Å². The van der Waals surface area contributed by atoms with Crippen LogP contribution in [0.25, 0.3) is 22.6 Å². The van der Waals surface area contributed by atoms with Crippen LogP contribution in [-0.2, 0) is 11.3 Å². The molecule has 3 unspecified atom stereocenters. The number of aliphatic hydroxyl groups is 3. The molecule has 11 nitrogen and oxygen atoms in total. The van der Waals surface area contributed by atoms with Gasteiger partial charge < -0.3 is 25.8 Å². The van der Waals surface area contributed by atoms with Gasteiger partial charge in [-0.3, -0.25) is 9.25 Å². The van der Waals surface area contributed by atoms with E-state index in [9.17, 15) is 15.3 Å². The van der Waals surface area contributed by atoms with Crippen LogP contribution in [0.15, 0.2) is 49.1 Å². The molecule has 11 heteroatoms. The number of anilines is 1. The molecule has 0 radical (unpaired) electrons. The van der Waals surface area contributed by atoms with Crippen molar-refractivity contribution in [3.8, 4) is 11.4 Å². The average Bonchev–Trinajstić information content (AvgIpc) is 3.48. The van der Waals surface area contributed by atoms with E-state index >= 15 is 0 Å². The SMILES string of the molecule is Nc1nc(-c2cnn(Cc3ccccc3)c2)nc2c1ncn2C1O[C@H](CO)C(O)C1O. The fourth-order valence-corrected chi connectivity index (χ4v) is 3.70. The molecule has 0 bridgehead atoms. The van der Waals surface area contributed by atoms with Crippen LogP contribution in [0.4, 0.5) is 5.82 Å². The number of rotatable bonds is 5. The summed E-state index contributed by atoms with van der Waals surface area (Å²) in [6.07, 6.45) is 0.508. The molecule has 1 saturated heterocycles. The summed E-state index contributed by atoms with van der Waals surface area (Å²) in [5.74, 6) is 0.513. The lowest BCUT2D eigenvalue weighted by Gasteiger charge is -2.16. The summed E-state index contributed by atoms with van der Waals surface area (Å²) in [5, 5.41) is 34.2. The Morgan fingerprint density at radius 3 is 2.65 bits per heavy atom. The second-order valence-electron chi connectivity index (χ2n) is 7.40. The molecule has 5 N–H and O–H groups in total. The molecule has 1 aromatic carbocycles. The first-order chi connectivity index (χ1) is 15.0. The topological polar surface area (TPSA) is 157 Å². The number of hydrogen-bond acceptors (Lipinski definition) is 9. The Bertz CT molecular complexity index is 1210. The van der Waals surface area contributed by atoms with Gasteiger partial charge in [0.15, 0.2) is 23.5 Å². The van der Waals surface area contributed by atoms with Crippen molar-refractivity contribution < 1.29 is 20.1 Å². The third-order valence-corrected chi connectivity index (χ3v) is 5.32. The van der Waals surface area contributed by atoms with Gasteiger partial charge in [0.2, 0.25) is 0 Å². The number of nitrogens with zero attached hydrogens (tertiary/aromatic N) is 6. The van der Waals surface area contributed by atoms with Crippen LogP contribution in [0.5, 0.6) is 0 Å². The van der Waals surface area contributed by atoms with Gasteiger partial charge in [0.05, 0.1) is 31.2 Å². The van der Waals surface area contributed by atoms with E-state index in [1.165, 1.54) is 10.9 Å². The van der Waals surface area contributed by atoms with E-state index in [1.54, 1.807) is 10.9 Å². The summed E-state index contributed by atoms with van der Waals surface area (Å²) in [6.45, 7) is 0.170. The first-order valence-corrected chi connectivity index (χ1v) is 9.74. The van der Waals surface area contributed by atoms with Gasteiger partial charge in [-0.2, -0.15) is 5.10 Å². The molecule has 1 fully saturated rings. The minimum absolute atomic E-state index is 0.168. The summed E-state index contributed by atoms with van der Waals surface area (Å²) in [5.41, 5.74) is 8.56. The Labute approximate surface area is 176 Å². The lowest BCUT2D eigenvalue weighted by atomic mass is 10.1. The molecule has 4 atom stereocenters. The molecular formula is C20H21N7O4. The molecule has 0 saturated carbocycles. The van der Waals surface area contributed by atoms with Gasteiger partial charge in [-0.1, -0.05) is 30.3 Å². The van der Waals surface area contributed by atoms with E-state index in [4.69, 9.17) is 10.5 Å². The third-order valence-electron chi connectivity index (χ3n) is 5.32. The predicted molar refractivity (Wildman–Crippen MR) is 110 cm³/mol. The maximum absolute atomic E-state index is 10.4. The summed E-state index contributed by atoms with van der Waals surface area (Å²) < 4.78 is 8.86. The van der Waals surface area contributed by atoms with Crippen molar-refractivity contribution in [3.63, 3.8) is 0 Å². The quantitative estimate of drug-likeness (QED) is 0.345. The van der Waals surface area contributed by atoms with Crippen molar-refractivity contribution in [2.75, 3.05) is 12.3 Å². The lowest BCUT2D eigenvalue weighted by Crippen LogP contribution is -2.33. The summed E-state index contributed by atoms with van der Waals surface area (Å²) in [7, 11) is 0. The fourth-order valence-electron chi connectivity index (χ4n) is 3.70. The third kappa shape index (κ3) is 3.43. The zero-order valence-corrected chi connectivity index (χ0v) is 16.4. The van der Waals surface area contributed by atoms with Gasteiger partial charge >= 0.3 is 0 Å². The van der Waals surface area contributed by atoms with Gasteiger partial charge in [0.25, 0.3) is 0 Å². The Kier molecular flexibility index (Phi) is 4.87. The van der Waals surface area contributed by atoms with E-state index < -0.39 is 31.1 Å². The first-order valence-electron chi connectivity index (χ1n) is 9.74. The van der Waals surface area contributed by atoms with Crippen LogP contribution in [0, 0.1) is 0 Å². The molecule has 160 valence electrons. The number of fused-ring (bicyclic) bond motifs is 1. The highest BCUT2D eigenvalue weighted by atomic mass is 16.6. The number of ether oxygens (including phenoxy) is 1. The number of benzene rings is 1. The van der Waals surface area contributed by atoms with Crippen molar-refractivity contribution in [3.05, 3.63) is 54.6 Å². The fraction of sp³-hybridized carbons (Fsp3) is 0.300. The highest BCUT2D eigenvalue weighted by molar-refractivity contribution is 5.83. The van der Waals surface area contributed by atoms with Crippen LogP contribution in [0.2, 0.25) is 0 Å². The molecule has 1 aliphatic rings. The van der Waals surface area contributed by atoms with Crippen LogP contribution >= 0.6 is 0 Å². The minimum Gasteiger partial charge on any atom is -0.394 e. The number of nitrogen functional groups attached to an aromatic ring is 1. The second kappa shape index (κ2) is 7.71. The second-order valence-corrected chi connectivity index (χ2v) is 7.40. The summed E-state index contributed by atoms with van der Waals surface area (Å²) in [4.78, 5) is 13.1. The van der Waals surface area contributed by atoms with Crippen LogP contribution in [-0.4, -0.2) is 69.5 Å². The van der Waals surface area contributed by atoms with Gasteiger partial charge in [0, 0.05) is 6.20 Å². The lowest BCUT2D eigenvalue weighted by molar-refractivity contribution is -0.0511. The minimum atomic E-state index is -1.26. The van der Waals surface area contributed by atoms with Gasteiger partial charge in [-0.05, 0) is 5.56 Å². The Morgan fingerprint density at radius 1 is 1.10 bits per heavy atom. The Balaban J connectivity index is 1.49. The zero-order valence-electron chi connectivity index (χ0n) is 16.4. The van der Waals surface area contributed by atoms with E-state index in [-0.39, 0.29) is 5.82 Å². The average molecular weight is 423 g/mol. The van der Waals surface area contributed by atoms with Crippen molar-refractivity contribution in [2.24, 2.45) is 0 Å². The number of aromatic nitrogens is 6. The maximum atomic E-state index is 10.4. The maximum Gasteiger partial charge on any atom is 0.168 e. The molecule has 4 aromatic rings. The number of imidazole rings is 1. The first kappa shape index (κ1) is 19.6. The van der Waals surface area contributed by atoms with Crippen molar-refractivity contribution >= 4 is 17.0 Å². The summed E-state index contributed by atoms with van der Waals surface area (Å²) in [6, 6.07) is 9.93. The van der Waals surface area contributed by atoms with E-state index in [1.807, 2.05) is 36.5 Å². The van der Waals surface area contributed by atoms with Crippen molar-refractivity contribution in [1.29, 1.82) is 0 Å². The number of aliphatic hydroxyl groups excluding tert-OH is 3. The van der Waals surface area contributed by atoms with Crippen LogP contribution in [0.1, 0.15) is 11.8 Å². The van der Waals surface area contributed by atoms with E-state index in [2.05, 4.69) is 20.1 Å². The Hall–Kier alpha value is -3.38. The molecule has 3 aromatic heterocycles. The highest BCUT2D eigenvalue weighted by Crippen LogP contribution is 2.32. The molecule has 1 aliphatic heterocycles. The molecule has 0 aliphatic carbocycles. The zero-order chi connectivity index (χ0) is 21.5. The summed E-state index contributed by atoms with van der Waals surface area (Å²) >= 11 is 0. The Morgan fingerprint density at radius 2 is 1.90 bits per heavy atom. The monoisotopic (exact) mass is 423 g/mol. The van der Waals surface area contributed by atoms with E-state index in [0.29, 0.717) is 29.1 Å². The van der Waals surface area contributed by atoms with Crippen molar-refractivity contribution in [2.45, 2.75) is 31.1 Å². The molecule has 31 heavy (non-hydrogen) atoms. The molecule has 4 heterocycles. The highest BCUT2D eigenvalue weighted by Gasteiger charge is 2.44. The van der Waals surface area contributed by atoms with Crippen LogP contribution < -0.4 is 5.73 Å². The largest absolute Gasteiger partial charge is 0.394 e. The molecular weight excluding hydrogens is 402 g/mol. The molecule has 0 spiro atoms. The van der Waals surface area contributed by atoms with Crippen LogP contribution in [0.3, 0.4) is 0 Å². The standard InChI is InChI=1S/C20H21N7O4/c21-17-14-19(27(10-22-14)20-16(30)15(29)13(9-28)31-20)25-18(24-17)12-6-23-26(8-12)7-11-4-2-1-3-5-11/h1-6,8,10,13,15-16,20,28-30H,7,9H2,(H2,21,24,25)/t13-,15?,16?,20?/m1/s1. The van der Waals surface area contributed by atoms with E-state index in [0.717, 1.165) is 5.56 Å². The normalized spacial score (nSPS) is 23.6. The molecule has 0 amide bonds. The smallest absolute Gasteiger partial charge is 0.168 e. The molecule has 5 rings (SSSR count). The van der Waals surface area contributed by atoms with Gasteiger partial charge in [0.1, 0.15) is 23.8 Å². The predicted octanol–water partition coefficient (Wildman–Crippen LogP) is -0.0682. The van der Waals surface area contributed by atoms with Gasteiger partial charge in [-0.15, -0.1) is 0 Å². The number of nitrogens with two attached hydrogens (primary N) is 1. The number of hydrogen-bond donors (Lipinski definition) is 4.